The van der Waals surface area contributed by atoms with E-state index in [-0.39, 0.29) is 51.0 Å². The van der Waals surface area contributed by atoms with Gasteiger partial charge in [0, 0.05) is 0 Å². The molecule has 0 bridgehead atoms. The molecule has 1 aliphatic rings. The fourth-order valence-electron chi connectivity index (χ4n) is 1.99. The molecule has 0 saturated carbocycles. The van der Waals surface area contributed by atoms with Crippen molar-refractivity contribution in [1.82, 2.24) is 0 Å². The molecule has 0 spiro atoms. The Morgan fingerprint density at radius 3 is 1.30 bits per heavy atom. The number of hydrogen-bond acceptors (Lipinski definition) is 1. The van der Waals surface area contributed by atoms with Gasteiger partial charge in [0.05, 0.1) is 0 Å². The minimum Gasteiger partial charge on any atom is -1.00 e. The van der Waals surface area contributed by atoms with E-state index in [0.29, 0.717) is 11.7 Å². The maximum atomic E-state index is 8.63. The van der Waals surface area contributed by atoms with Crippen molar-refractivity contribution >= 4 is 0 Å². The summed E-state index contributed by atoms with van der Waals surface area (Å²) in [4.78, 5) is 0. The van der Waals surface area contributed by atoms with E-state index in [4.69, 9.17) is 5.11 Å². The molecule has 0 atom stereocenters. The van der Waals surface area contributed by atoms with Crippen molar-refractivity contribution in [1.29, 1.82) is 0 Å². The Labute approximate surface area is 154 Å². The zero-order valence-corrected chi connectivity index (χ0v) is 16.6. The van der Waals surface area contributed by atoms with Gasteiger partial charge < -0.3 is 29.9 Å². The molecule has 2 rings (SSSR count). The average molecular weight is 392 g/mol. The molecule has 1 aromatic carbocycles. The second-order valence-corrected chi connectivity index (χ2v) is 4.67. The molecular formula is C16H22Cl2OZr. The number of allylic oxidation sites excluding steroid dienone is 4. The first kappa shape index (κ1) is 24.9. The van der Waals surface area contributed by atoms with Gasteiger partial charge in [-0.15, -0.1) is 0 Å². The number of rotatable bonds is 0. The van der Waals surface area contributed by atoms with Crippen molar-refractivity contribution in [2.24, 2.45) is 5.92 Å². The first-order valence-corrected chi connectivity index (χ1v) is 6.04. The second-order valence-electron chi connectivity index (χ2n) is 4.67. The SMILES string of the molecule is CC1=C(C)C(C)C(C)=C1C.Oc1ccccc1.[Cl-].[Cl-].[Zr+2]. The van der Waals surface area contributed by atoms with Crippen LogP contribution in [-0.2, 0) is 26.2 Å². The van der Waals surface area contributed by atoms with Gasteiger partial charge in [0.25, 0.3) is 0 Å². The van der Waals surface area contributed by atoms with Crippen molar-refractivity contribution in [2.75, 3.05) is 0 Å². The van der Waals surface area contributed by atoms with Crippen molar-refractivity contribution < 1.29 is 56.1 Å². The van der Waals surface area contributed by atoms with Gasteiger partial charge in [-0.2, -0.15) is 0 Å². The van der Waals surface area contributed by atoms with Crippen molar-refractivity contribution in [3.8, 4) is 5.75 Å². The summed E-state index contributed by atoms with van der Waals surface area (Å²) in [6, 6.07) is 8.71. The van der Waals surface area contributed by atoms with Gasteiger partial charge in [-0.25, -0.2) is 0 Å². The van der Waals surface area contributed by atoms with Gasteiger partial charge >= 0.3 is 26.2 Å². The zero-order valence-electron chi connectivity index (χ0n) is 12.7. The number of phenolic OH excluding ortho intramolecular Hbond substituents is 1. The van der Waals surface area contributed by atoms with Crippen LogP contribution in [0.3, 0.4) is 0 Å². The fraction of sp³-hybridized carbons (Fsp3) is 0.375. The monoisotopic (exact) mass is 390 g/mol. The molecule has 1 N–H and O–H groups in total. The summed E-state index contributed by atoms with van der Waals surface area (Å²) in [5.74, 6) is 1.02. The molecular weight excluding hydrogens is 370 g/mol. The largest absolute Gasteiger partial charge is 2.00 e. The van der Waals surface area contributed by atoms with E-state index in [1.807, 2.05) is 6.07 Å². The number of benzene rings is 1. The van der Waals surface area contributed by atoms with Crippen LogP contribution in [0.25, 0.3) is 0 Å². The first-order chi connectivity index (χ1) is 7.95. The molecule has 0 heterocycles. The normalized spacial score (nSPS) is 13.7. The Hall–Kier alpha value is -0.0369. The van der Waals surface area contributed by atoms with E-state index >= 15 is 0 Å². The molecule has 0 aliphatic heterocycles. The maximum absolute atomic E-state index is 8.63. The van der Waals surface area contributed by atoms with Crippen LogP contribution < -0.4 is 24.8 Å². The molecule has 0 radical (unpaired) electrons. The van der Waals surface area contributed by atoms with Crippen LogP contribution in [-0.4, -0.2) is 5.11 Å². The van der Waals surface area contributed by atoms with Crippen LogP contribution in [0.5, 0.6) is 5.75 Å². The van der Waals surface area contributed by atoms with Crippen molar-refractivity contribution in [3.63, 3.8) is 0 Å². The van der Waals surface area contributed by atoms with Gasteiger partial charge in [-0.1, -0.05) is 36.3 Å². The van der Waals surface area contributed by atoms with E-state index in [2.05, 4.69) is 34.6 Å². The van der Waals surface area contributed by atoms with Crippen molar-refractivity contribution in [2.45, 2.75) is 34.6 Å². The van der Waals surface area contributed by atoms with Gasteiger partial charge in [0.2, 0.25) is 0 Å². The fourth-order valence-corrected chi connectivity index (χ4v) is 1.99. The number of halogens is 2. The molecule has 1 aromatic rings. The predicted molar refractivity (Wildman–Crippen MR) is 74.0 cm³/mol. The van der Waals surface area contributed by atoms with Gasteiger partial charge in [0.1, 0.15) is 5.75 Å². The number of hydrogen-bond donors (Lipinski definition) is 1. The van der Waals surface area contributed by atoms with Crippen LogP contribution in [0.1, 0.15) is 34.6 Å². The van der Waals surface area contributed by atoms with Crippen molar-refractivity contribution in [3.05, 3.63) is 52.6 Å². The number of aromatic hydroxyl groups is 1. The molecule has 1 aliphatic carbocycles. The summed E-state index contributed by atoms with van der Waals surface area (Å²) < 4.78 is 0. The maximum Gasteiger partial charge on any atom is 2.00 e. The summed E-state index contributed by atoms with van der Waals surface area (Å²) in [7, 11) is 0. The Morgan fingerprint density at radius 1 is 0.800 bits per heavy atom. The molecule has 0 fully saturated rings. The topological polar surface area (TPSA) is 20.2 Å². The van der Waals surface area contributed by atoms with Crippen LogP contribution in [0.4, 0.5) is 0 Å². The summed E-state index contributed by atoms with van der Waals surface area (Å²) in [5.41, 5.74) is 6.11. The molecule has 20 heavy (non-hydrogen) atoms. The van der Waals surface area contributed by atoms with E-state index in [9.17, 15) is 0 Å². The van der Waals surface area contributed by atoms with Crippen LogP contribution >= 0.6 is 0 Å². The number of phenols is 1. The summed E-state index contributed by atoms with van der Waals surface area (Å²) in [6.45, 7) is 11.2. The predicted octanol–water partition coefficient (Wildman–Crippen LogP) is -1.29. The van der Waals surface area contributed by atoms with Gasteiger partial charge in [-0.05, 0) is 56.9 Å². The molecule has 4 heteroatoms. The third kappa shape index (κ3) is 6.61. The van der Waals surface area contributed by atoms with E-state index in [1.165, 1.54) is 11.1 Å². The minimum atomic E-state index is 0. The molecule has 0 amide bonds. The molecule has 0 saturated heterocycles. The smallest absolute Gasteiger partial charge is 1.00 e. The van der Waals surface area contributed by atoms with Gasteiger partial charge in [0.15, 0.2) is 0 Å². The summed E-state index contributed by atoms with van der Waals surface area (Å²) >= 11 is 0. The van der Waals surface area contributed by atoms with Crippen LogP contribution in [0.2, 0.25) is 0 Å². The standard InChI is InChI=1S/C10H16.C6H6O.2ClH.Zr/c1-6-7(2)9(4)10(5)8(6)3;7-6-4-2-1-3-5-6;;;/h6H,1-5H3;1-5,7H;2*1H;/q;;;;+2/p-2. The summed E-state index contributed by atoms with van der Waals surface area (Å²) in [5, 5.41) is 8.63. The third-order valence-corrected chi connectivity index (χ3v) is 3.80. The quantitative estimate of drug-likeness (QED) is 0.583. The Balaban J connectivity index is -0.000000262. The Bertz CT molecular complexity index is 429. The second kappa shape index (κ2) is 11.6. The number of para-hydroxylation sites is 1. The Morgan fingerprint density at radius 2 is 1.15 bits per heavy atom. The minimum absolute atomic E-state index is 0. The van der Waals surface area contributed by atoms with Crippen LogP contribution in [0, 0.1) is 5.92 Å². The molecule has 1 nitrogen and oxygen atoms in total. The Kier molecular flexibility index (Phi) is 14.5. The third-order valence-electron chi connectivity index (χ3n) is 3.80. The van der Waals surface area contributed by atoms with E-state index in [1.54, 1.807) is 35.4 Å². The first-order valence-electron chi connectivity index (χ1n) is 6.04. The van der Waals surface area contributed by atoms with E-state index in [0.717, 1.165) is 0 Å². The molecule has 0 aromatic heterocycles. The van der Waals surface area contributed by atoms with E-state index < -0.39 is 0 Å². The summed E-state index contributed by atoms with van der Waals surface area (Å²) in [6.07, 6.45) is 0. The molecule has 110 valence electrons. The van der Waals surface area contributed by atoms with Crippen LogP contribution in [0.15, 0.2) is 52.6 Å². The van der Waals surface area contributed by atoms with Gasteiger partial charge in [-0.3, -0.25) is 0 Å². The molecule has 0 unspecified atom stereocenters. The average Bonchev–Trinajstić information content (AvgIpc) is 2.49. The zero-order chi connectivity index (χ0) is 13.0.